The van der Waals surface area contributed by atoms with Crippen LogP contribution in [0.5, 0.6) is 0 Å². The van der Waals surface area contributed by atoms with Crippen molar-refractivity contribution in [3.05, 3.63) is 35.4 Å². The molecule has 1 N–H and O–H groups in total. The molecule has 0 saturated carbocycles. The summed E-state index contributed by atoms with van der Waals surface area (Å²) in [5.74, 6) is -3.48. The van der Waals surface area contributed by atoms with E-state index in [1.54, 1.807) is 13.8 Å². The first kappa shape index (κ1) is 15.6. The molecule has 0 aliphatic carbocycles. The summed E-state index contributed by atoms with van der Waals surface area (Å²) in [4.78, 5) is 11.8. The lowest BCUT2D eigenvalue weighted by molar-refractivity contribution is -0.159. The first-order valence-electron chi connectivity index (χ1n) is 5.97. The van der Waals surface area contributed by atoms with Crippen molar-refractivity contribution in [2.45, 2.75) is 26.4 Å². The second-order valence-electron chi connectivity index (χ2n) is 5.02. The predicted molar refractivity (Wildman–Crippen MR) is 66.3 cm³/mol. The molecule has 0 amide bonds. The highest BCUT2D eigenvalue weighted by Gasteiger charge is 2.43. The maximum absolute atomic E-state index is 13.8. The standard InChI is InChI=1S/C14H18F2O3/c1-8(2)12(13(17)19-4)14(3,18)10-6-5-9(15)7-11(10)16/h5-8,12,18H,1-4H3. The van der Waals surface area contributed by atoms with Crippen molar-refractivity contribution >= 4 is 5.97 Å². The van der Waals surface area contributed by atoms with Crippen LogP contribution in [-0.2, 0) is 15.1 Å². The molecule has 0 radical (unpaired) electrons. The number of benzene rings is 1. The largest absolute Gasteiger partial charge is 0.469 e. The van der Waals surface area contributed by atoms with Crippen LogP contribution in [-0.4, -0.2) is 18.2 Å². The van der Waals surface area contributed by atoms with Crippen LogP contribution >= 0.6 is 0 Å². The highest BCUT2D eigenvalue weighted by atomic mass is 19.1. The Balaban J connectivity index is 3.30. The molecule has 0 heterocycles. The van der Waals surface area contributed by atoms with Crippen LogP contribution in [0.3, 0.4) is 0 Å². The minimum Gasteiger partial charge on any atom is -0.469 e. The lowest BCUT2D eigenvalue weighted by Gasteiger charge is -2.34. The Morgan fingerprint density at radius 3 is 2.37 bits per heavy atom. The summed E-state index contributed by atoms with van der Waals surface area (Å²) in [6.07, 6.45) is 0. The van der Waals surface area contributed by atoms with Gasteiger partial charge in [0.15, 0.2) is 0 Å². The summed E-state index contributed by atoms with van der Waals surface area (Å²) in [7, 11) is 1.20. The van der Waals surface area contributed by atoms with E-state index in [-0.39, 0.29) is 11.5 Å². The van der Waals surface area contributed by atoms with Gasteiger partial charge in [-0.2, -0.15) is 0 Å². The summed E-state index contributed by atoms with van der Waals surface area (Å²) >= 11 is 0. The van der Waals surface area contributed by atoms with Gasteiger partial charge in [-0.05, 0) is 18.9 Å². The number of aliphatic hydroxyl groups is 1. The smallest absolute Gasteiger partial charge is 0.312 e. The molecule has 0 aliphatic heterocycles. The van der Waals surface area contributed by atoms with E-state index in [1.807, 2.05) is 0 Å². The van der Waals surface area contributed by atoms with E-state index >= 15 is 0 Å². The molecule has 1 aromatic rings. The number of hydrogen-bond acceptors (Lipinski definition) is 3. The van der Waals surface area contributed by atoms with E-state index in [4.69, 9.17) is 0 Å². The zero-order valence-electron chi connectivity index (χ0n) is 11.4. The highest BCUT2D eigenvalue weighted by molar-refractivity contribution is 5.74. The second kappa shape index (κ2) is 5.65. The minimum absolute atomic E-state index is 0.127. The van der Waals surface area contributed by atoms with Gasteiger partial charge in [-0.1, -0.05) is 19.9 Å². The number of esters is 1. The van der Waals surface area contributed by atoms with Crippen LogP contribution < -0.4 is 0 Å². The van der Waals surface area contributed by atoms with E-state index < -0.39 is 29.1 Å². The molecular weight excluding hydrogens is 254 g/mol. The number of methoxy groups -OCH3 is 1. The Morgan fingerprint density at radius 1 is 1.37 bits per heavy atom. The van der Waals surface area contributed by atoms with Crippen molar-refractivity contribution in [3.63, 3.8) is 0 Å². The molecule has 1 aromatic carbocycles. The minimum atomic E-state index is -1.78. The average Bonchev–Trinajstić information content (AvgIpc) is 2.27. The van der Waals surface area contributed by atoms with Crippen molar-refractivity contribution < 1.29 is 23.4 Å². The quantitative estimate of drug-likeness (QED) is 0.857. The van der Waals surface area contributed by atoms with Crippen LogP contribution in [0, 0.1) is 23.5 Å². The topological polar surface area (TPSA) is 46.5 Å². The van der Waals surface area contributed by atoms with E-state index in [0.717, 1.165) is 12.1 Å². The van der Waals surface area contributed by atoms with Gasteiger partial charge in [0.2, 0.25) is 0 Å². The average molecular weight is 272 g/mol. The zero-order valence-corrected chi connectivity index (χ0v) is 11.4. The SMILES string of the molecule is COC(=O)C(C(C)C)C(C)(O)c1ccc(F)cc1F. The van der Waals surface area contributed by atoms with Crippen molar-refractivity contribution in [2.24, 2.45) is 11.8 Å². The molecule has 2 atom stereocenters. The number of rotatable bonds is 4. The van der Waals surface area contributed by atoms with Crippen molar-refractivity contribution in [1.82, 2.24) is 0 Å². The molecule has 0 aliphatic rings. The monoisotopic (exact) mass is 272 g/mol. The zero-order chi connectivity index (χ0) is 14.8. The summed E-state index contributed by atoms with van der Waals surface area (Å²) in [6, 6.07) is 2.86. The maximum atomic E-state index is 13.8. The lowest BCUT2D eigenvalue weighted by atomic mass is 9.76. The molecule has 0 aromatic heterocycles. The van der Waals surface area contributed by atoms with Crippen molar-refractivity contribution in [2.75, 3.05) is 7.11 Å². The van der Waals surface area contributed by atoms with Gasteiger partial charge in [0, 0.05) is 11.6 Å². The Kier molecular flexibility index (Phi) is 4.63. The lowest BCUT2D eigenvalue weighted by Crippen LogP contribution is -2.41. The first-order chi connectivity index (χ1) is 8.71. The van der Waals surface area contributed by atoms with Crippen LogP contribution in [0.25, 0.3) is 0 Å². The van der Waals surface area contributed by atoms with Gasteiger partial charge in [0.05, 0.1) is 13.0 Å². The molecule has 0 saturated heterocycles. The summed E-state index contributed by atoms with van der Waals surface area (Å²) < 4.78 is 31.3. The molecule has 3 nitrogen and oxygen atoms in total. The number of ether oxygens (including phenoxy) is 1. The molecule has 1 rings (SSSR count). The summed E-state index contributed by atoms with van der Waals surface area (Å²) in [5, 5.41) is 10.5. The van der Waals surface area contributed by atoms with Gasteiger partial charge >= 0.3 is 5.97 Å². The number of carbonyl (C=O) groups is 1. The van der Waals surface area contributed by atoms with Gasteiger partial charge in [-0.3, -0.25) is 4.79 Å². The van der Waals surface area contributed by atoms with Gasteiger partial charge in [0.1, 0.15) is 17.2 Å². The molecule has 5 heteroatoms. The van der Waals surface area contributed by atoms with E-state index in [9.17, 15) is 18.7 Å². The molecule has 19 heavy (non-hydrogen) atoms. The van der Waals surface area contributed by atoms with Gasteiger partial charge in [0.25, 0.3) is 0 Å². The Morgan fingerprint density at radius 2 is 1.95 bits per heavy atom. The highest BCUT2D eigenvalue weighted by Crippen LogP contribution is 2.36. The van der Waals surface area contributed by atoms with Crippen LogP contribution in [0.4, 0.5) is 8.78 Å². The van der Waals surface area contributed by atoms with E-state index in [1.165, 1.54) is 14.0 Å². The third kappa shape index (κ3) is 3.10. The van der Waals surface area contributed by atoms with Gasteiger partial charge in [-0.15, -0.1) is 0 Å². The maximum Gasteiger partial charge on any atom is 0.312 e. The van der Waals surface area contributed by atoms with Crippen molar-refractivity contribution in [1.29, 1.82) is 0 Å². The molecule has 106 valence electrons. The van der Waals surface area contributed by atoms with Crippen LogP contribution in [0.2, 0.25) is 0 Å². The molecule has 2 unspecified atom stereocenters. The van der Waals surface area contributed by atoms with Crippen molar-refractivity contribution in [3.8, 4) is 0 Å². The van der Waals surface area contributed by atoms with Gasteiger partial charge in [-0.25, -0.2) is 8.78 Å². The van der Waals surface area contributed by atoms with Crippen LogP contribution in [0.1, 0.15) is 26.3 Å². The third-order valence-electron chi connectivity index (χ3n) is 3.20. The number of hydrogen-bond donors (Lipinski definition) is 1. The fraction of sp³-hybridized carbons (Fsp3) is 0.500. The fourth-order valence-electron chi connectivity index (χ4n) is 2.35. The Hall–Kier alpha value is -1.49. The molecular formula is C14H18F2O3. The fourth-order valence-corrected chi connectivity index (χ4v) is 2.35. The molecule has 0 bridgehead atoms. The summed E-state index contributed by atoms with van der Waals surface area (Å²) in [5.41, 5.74) is -1.91. The molecule has 0 spiro atoms. The van der Waals surface area contributed by atoms with Crippen LogP contribution in [0.15, 0.2) is 18.2 Å². The Bertz CT molecular complexity index is 470. The van der Waals surface area contributed by atoms with Gasteiger partial charge < -0.3 is 9.84 Å². The Labute approximate surface area is 111 Å². The third-order valence-corrected chi connectivity index (χ3v) is 3.20. The van der Waals surface area contributed by atoms with E-state index in [0.29, 0.717) is 6.07 Å². The molecule has 0 fully saturated rings. The normalized spacial score (nSPS) is 16.0. The predicted octanol–water partition coefficient (Wildman–Crippen LogP) is 2.62. The first-order valence-corrected chi connectivity index (χ1v) is 5.97. The number of halogens is 2. The number of carbonyl (C=O) groups excluding carboxylic acids is 1. The summed E-state index contributed by atoms with van der Waals surface area (Å²) in [6.45, 7) is 4.76. The van der Waals surface area contributed by atoms with E-state index in [2.05, 4.69) is 4.74 Å². The second-order valence-corrected chi connectivity index (χ2v) is 5.02.